The van der Waals surface area contributed by atoms with Gasteiger partial charge in [-0.2, -0.15) is 0 Å². The first-order chi connectivity index (χ1) is 11.2. The van der Waals surface area contributed by atoms with Crippen molar-refractivity contribution in [1.29, 1.82) is 0 Å². The predicted molar refractivity (Wildman–Crippen MR) is 82.1 cm³/mol. The van der Waals surface area contributed by atoms with Crippen LogP contribution in [-0.4, -0.2) is 35.7 Å². The fraction of sp³-hybridized carbons (Fsp3) is 0.750. The predicted octanol–water partition coefficient (Wildman–Crippen LogP) is -0.328. The van der Waals surface area contributed by atoms with Gasteiger partial charge in [-0.05, 0) is 13.8 Å². The van der Waals surface area contributed by atoms with E-state index in [4.69, 9.17) is 7.32 Å². The maximum atomic E-state index is 10.2. The average molecular weight is 399 g/mol. The van der Waals surface area contributed by atoms with Gasteiger partial charge in [0, 0.05) is 0 Å². The van der Waals surface area contributed by atoms with E-state index < -0.39 is 23.8 Å². The fourth-order valence-corrected chi connectivity index (χ4v) is 1.14. The zero-order chi connectivity index (χ0) is 20.7. The van der Waals surface area contributed by atoms with E-state index in [2.05, 4.69) is 0 Å². The summed E-state index contributed by atoms with van der Waals surface area (Å²) in [4.78, 5) is 39.9. The van der Waals surface area contributed by atoms with E-state index in [9.17, 15) is 29.4 Å². The van der Waals surface area contributed by atoms with Gasteiger partial charge in [0.15, 0.2) is 0 Å². The third-order valence-corrected chi connectivity index (χ3v) is 4.02. The molecular weight excluding hydrogens is 371 g/mol. The van der Waals surface area contributed by atoms with Crippen molar-refractivity contribution in [3.8, 4) is 0 Å². The molecule has 0 aliphatic rings. The van der Waals surface area contributed by atoms with E-state index in [1.807, 2.05) is 27.7 Å². The van der Waals surface area contributed by atoms with Gasteiger partial charge in [-0.25, -0.2) is 0 Å². The molecule has 0 amide bonds. The third kappa shape index (κ3) is 22.8. The van der Waals surface area contributed by atoms with Crippen LogP contribution in [0.5, 0.6) is 0 Å². The minimum atomic E-state index is -1.31. The molecule has 9 heteroatoms. The second-order valence-corrected chi connectivity index (χ2v) is 6.58. The van der Waals surface area contributed by atoms with Crippen LogP contribution in [0.25, 0.3) is 0 Å². The molecule has 25 heavy (non-hydrogen) atoms. The molecule has 2 atom stereocenters. The molecule has 0 aromatic carbocycles. The van der Waals surface area contributed by atoms with Crippen LogP contribution in [-0.2, 0) is 43.5 Å². The second kappa shape index (κ2) is 16.3. The summed E-state index contributed by atoms with van der Waals surface area (Å²) in [6, 6.07) is 0. The molecule has 0 rings (SSSR count). The topological polar surface area (TPSA) is 133 Å². The van der Waals surface area contributed by atoms with Crippen LogP contribution in [0.4, 0.5) is 0 Å². The van der Waals surface area contributed by atoms with Crippen LogP contribution in [0.15, 0.2) is 0 Å². The second-order valence-electron chi connectivity index (χ2n) is 5.69. The number of aliphatic carboxylic acids is 2. The molecule has 0 aromatic rings. The summed E-state index contributed by atoms with van der Waals surface area (Å²) in [5.74, 6) is -5.28. The summed E-state index contributed by atoms with van der Waals surface area (Å²) < 4.78 is 10.4. The van der Waals surface area contributed by atoms with Gasteiger partial charge in [-0.3, -0.25) is 9.59 Å². The van der Waals surface area contributed by atoms with Crippen LogP contribution >= 0.6 is 0 Å². The van der Waals surface area contributed by atoms with Gasteiger partial charge in [-0.1, -0.05) is 13.8 Å². The van der Waals surface area contributed by atoms with Crippen molar-refractivity contribution < 1.29 is 53.7 Å². The Morgan fingerprint density at radius 1 is 0.680 bits per heavy atom. The Balaban J connectivity index is -0.000000291. The zero-order valence-corrected chi connectivity index (χ0v) is 17.4. The Bertz CT molecular complexity index is 354. The molecule has 0 radical (unpaired) electrons. The summed E-state index contributed by atoms with van der Waals surface area (Å²) in [7, 11) is 0. The van der Waals surface area contributed by atoms with Gasteiger partial charge in [0.2, 0.25) is 0 Å². The number of carboxylic acid groups (broad SMARTS) is 2. The van der Waals surface area contributed by atoms with E-state index in [1.54, 1.807) is 0 Å². The first kappa shape index (κ1) is 28.6. The van der Waals surface area contributed by atoms with Crippen molar-refractivity contribution >= 4 is 23.5 Å². The summed E-state index contributed by atoms with van der Waals surface area (Å²) in [5.41, 5.74) is 0. The van der Waals surface area contributed by atoms with E-state index >= 15 is 0 Å². The first-order valence-corrected chi connectivity index (χ1v) is 8.82. The van der Waals surface area contributed by atoms with E-state index in [0.717, 1.165) is 0 Å². The van der Waals surface area contributed by atoms with Gasteiger partial charge < -0.3 is 19.8 Å². The van der Waals surface area contributed by atoms with Gasteiger partial charge >= 0.3 is 64.2 Å². The maximum absolute atomic E-state index is 10.2. The summed E-state index contributed by atoms with van der Waals surface area (Å²) in [5, 5.41) is 19.6. The summed E-state index contributed by atoms with van der Waals surface area (Å²) >= 11 is -0.328. The number of carboxylic acids is 2. The van der Waals surface area contributed by atoms with Gasteiger partial charge in [0.25, 0.3) is 0 Å². The minimum absolute atomic E-state index is 0.309. The van der Waals surface area contributed by atoms with Crippen LogP contribution < -0.4 is 10.2 Å². The van der Waals surface area contributed by atoms with Crippen LogP contribution in [0.2, 0.25) is 0 Å². The molecule has 0 saturated carbocycles. The van der Waals surface area contributed by atoms with Gasteiger partial charge in [-0.15, -0.1) is 0 Å². The monoisotopic (exact) mass is 399 g/mol. The van der Waals surface area contributed by atoms with Crippen LogP contribution in [0, 0.1) is 11.8 Å². The first-order valence-electron chi connectivity index (χ1n) is 7.68. The van der Waals surface area contributed by atoms with Crippen LogP contribution in [0.1, 0.15) is 55.4 Å². The summed E-state index contributed by atoms with van der Waals surface area (Å²) in [6.07, 6.45) is 0.618. The average Bonchev–Trinajstić information content (AvgIpc) is 2.45. The number of hydrogen-bond donors (Lipinski definition) is 0. The Labute approximate surface area is 157 Å². The Morgan fingerprint density at radius 3 is 1.00 bits per heavy atom. The Hall–Kier alpha value is -1.22. The molecule has 0 heterocycles. The van der Waals surface area contributed by atoms with Crippen LogP contribution in [0.3, 0.4) is 0 Å². The molecule has 0 bridgehead atoms. The molecule has 0 aliphatic carbocycles. The number of ketones is 2. The standard InChI is InChI=1S/2C5H8O3.2C3H7O.V/c2*1-3(4(2)6)5(7)8;2*1-3(2)4;/h2*3H,1-2H3,(H,7,8);2*3H,1-2H3;/q;;2*-1;+4/p-2. The van der Waals surface area contributed by atoms with Crippen molar-refractivity contribution in [2.24, 2.45) is 11.8 Å². The Kier molecular flexibility index (Phi) is 18.6. The molecule has 0 aliphatic heterocycles. The molecule has 0 N–H and O–H groups in total. The van der Waals surface area contributed by atoms with Crippen molar-refractivity contribution in [2.45, 2.75) is 67.6 Å². The van der Waals surface area contributed by atoms with Gasteiger partial charge in [0.05, 0.1) is 23.8 Å². The normalized spacial score (nSPS) is 11.9. The molecule has 8 nitrogen and oxygen atoms in total. The molecule has 145 valence electrons. The summed E-state index contributed by atoms with van der Waals surface area (Å²) in [6.45, 7) is 13.1. The zero-order valence-electron chi connectivity index (χ0n) is 16.0. The number of rotatable bonds is 8. The number of carbonyl (C=O) groups excluding carboxylic acids is 4. The van der Waals surface area contributed by atoms with E-state index in [0.29, 0.717) is 12.2 Å². The molecule has 2 unspecified atom stereocenters. The molecule has 0 fully saturated rings. The molecule has 0 saturated heterocycles. The van der Waals surface area contributed by atoms with E-state index in [1.165, 1.54) is 27.7 Å². The molecule has 0 aromatic heterocycles. The van der Waals surface area contributed by atoms with Gasteiger partial charge in [0.1, 0.15) is 11.6 Å². The molecule has 0 spiro atoms. The number of Topliss-reactive ketones (excluding diaryl/α,β-unsaturated/α-hetero) is 2. The number of carbonyl (C=O) groups is 4. The van der Waals surface area contributed by atoms with Crippen molar-refractivity contribution in [2.75, 3.05) is 0 Å². The third-order valence-electron chi connectivity index (χ3n) is 2.43. The fourth-order valence-electron chi connectivity index (χ4n) is 0.529. The SMILES string of the molecule is CC(=O)C(C)C(=O)[O-].CC(=O)C(C)C(=O)[O-].CC(C)[O][V+2][O]C(C)C. The van der Waals surface area contributed by atoms with Crippen molar-refractivity contribution in [1.82, 2.24) is 0 Å². The Morgan fingerprint density at radius 2 is 0.920 bits per heavy atom. The number of hydrogen-bond acceptors (Lipinski definition) is 8. The van der Waals surface area contributed by atoms with Crippen molar-refractivity contribution in [3.63, 3.8) is 0 Å². The molecular formula is C16H28O8V. The van der Waals surface area contributed by atoms with E-state index in [-0.39, 0.29) is 28.6 Å². The quantitative estimate of drug-likeness (QED) is 0.507. The van der Waals surface area contributed by atoms with Crippen molar-refractivity contribution in [3.05, 3.63) is 0 Å².